The van der Waals surface area contributed by atoms with Crippen molar-refractivity contribution in [2.24, 2.45) is 0 Å². The number of halogens is 1. The number of fused-ring (bicyclic) bond motifs is 1. The molecule has 3 heterocycles. The lowest BCUT2D eigenvalue weighted by molar-refractivity contribution is 0.0786. The van der Waals surface area contributed by atoms with Crippen molar-refractivity contribution in [3.8, 4) is 0 Å². The monoisotopic (exact) mass is 370 g/mol. The minimum absolute atomic E-state index is 0.0775. The van der Waals surface area contributed by atoms with Crippen LogP contribution in [0, 0.1) is 5.82 Å². The smallest absolute Gasteiger partial charge is 0.287 e. The van der Waals surface area contributed by atoms with Crippen LogP contribution in [0.25, 0.3) is 0 Å². The van der Waals surface area contributed by atoms with E-state index in [4.69, 9.17) is 0 Å². The number of carbonyl (C=O) groups excluding carboxylic acids is 2. The van der Waals surface area contributed by atoms with Crippen molar-refractivity contribution in [3.63, 3.8) is 0 Å². The van der Waals surface area contributed by atoms with Gasteiger partial charge in [-0.15, -0.1) is 0 Å². The number of amides is 2. The normalized spacial score (nSPS) is 16.3. The van der Waals surface area contributed by atoms with Crippen molar-refractivity contribution in [2.45, 2.75) is 45.2 Å². The predicted octanol–water partition coefficient (Wildman–Crippen LogP) is 2.52. The highest BCUT2D eigenvalue weighted by Crippen LogP contribution is 2.23. The Balaban J connectivity index is 1.57. The molecule has 142 valence electrons. The molecule has 0 unspecified atom stereocenters. The van der Waals surface area contributed by atoms with E-state index >= 15 is 0 Å². The third-order valence-corrected chi connectivity index (χ3v) is 5.31. The Labute approximate surface area is 157 Å². The summed E-state index contributed by atoms with van der Waals surface area (Å²) in [5.74, 6) is -0.551. The van der Waals surface area contributed by atoms with Crippen LogP contribution >= 0.6 is 0 Å². The maximum atomic E-state index is 13.8. The first-order valence-electron chi connectivity index (χ1n) is 9.55. The second kappa shape index (κ2) is 7.50. The molecule has 27 heavy (non-hydrogen) atoms. The fourth-order valence-electron chi connectivity index (χ4n) is 3.85. The van der Waals surface area contributed by atoms with Crippen LogP contribution < -0.4 is 5.32 Å². The lowest BCUT2D eigenvalue weighted by Gasteiger charge is -2.18. The second-order valence-corrected chi connectivity index (χ2v) is 7.11. The highest BCUT2D eigenvalue weighted by atomic mass is 19.1. The quantitative estimate of drug-likeness (QED) is 0.899. The van der Waals surface area contributed by atoms with Crippen molar-refractivity contribution in [3.05, 3.63) is 52.9 Å². The number of hydrogen-bond donors (Lipinski definition) is 1. The Morgan fingerprint density at radius 1 is 1.07 bits per heavy atom. The molecule has 0 atom stereocenters. The minimum atomic E-state index is -0.373. The van der Waals surface area contributed by atoms with E-state index in [9.17, 15) is 14.0 Å². The average Bonchev–Trinajstić information content (AvgIpc) is 3.35. The standard InChI is InChI=1S/C20H23FN4O2/c21-15-8-2-1-7-14(15)13-22-19(26)18-23-17(16-9-3-4-12-25(16)18)20(27)24-10-5-6-11-24/h1-2,7-8H,3-6,9-13H2,(H,22,26). The molecule has 0 radical (unpaired) electrons. The molecule has 0 saturated carbocycles. The molecular weight excluding hydrogens is 347 g/mol. The van der Waals surface area contributed by atoms with Crippen molar-refractivity contribution in [2.75, 3.05) is 13.1 Å². The summed E-state index contributed by atoms with van der Waals surface area (Å²) >= 11 is 0. The number of rotatable bonds is 4. The average molecular weight is 370 g/mol. The summed E-state index contributed by atoms with van der Waals surface area (Å²) < 4.78 is 15.6. The lowest BCUT2D eigenvalue weighted by Crippen LogP contribution is -2.29. The molecule has 7 heteroatoms. The van der Waals surface area contributed by atoms with Crippen LogP contribution in [0.1, 0.15) is 58.0 Å². The Kier molecular flexibility index (Phi) is 4.92. The van der Waals surface area contributed by atoms with E-state index < -0.39 is 0 Å². The van der Waals surface area contributed by atoms with Gasteiger partial charge in [-0.25, -0.2) is 9.37 Å². The van der Waals surface area contributed by atoms with Gasteiger partial charge in [0, 0.05) is 31.7 Å². The summed E-state index contributed by atoms with van der Waals surface area (Å²) in [6.07, 6.45) is 4.72. The number of benzene rings is 1. The van der Waals surface area contributed by atoms with Crippen molar-refractivity contribution in [1.82, 2.24) is 19.8 Å². The summed E-state index contributed by atoms with van der Waals surface area (Å²) in [5, 5.41) is 2.74. The van der Waals surface area contributed by atoms with Crippen LogP contribution in [0.5, 0.6) is 0 Å². The van der Waals surface area contributed by atoms with Crippen molar-refractivity contribution >= 4 is 11.8 Å². The van der Waals surface area contributed by atoms with E-state index in [-0.39, 0.29) is 30.0 Å². The topological polar surface area (TPSA) is 67.2 Å². The van der Waals surface area contributed by atoms with Gasteiger partial charge in [-0.3, -0.25) is 9.59 Å². The second-order valence-electron chi connectivity index (χ2n) is 7.11. The van der Waals surface area contributed by atoms with Gasteiger partial charge in [-0.2, -0.15) is 0 Å². The number of likely N-dealkylation sites (tertiary alicyclic amines) is 1. The molecule has 6 nitrogen and oxygen atoms in total. The van der Waals surface area contributed by atoms with Crippen LogP contribution in [0.2, 0.25) is 0 Å². The molecule has 1 saturated heterocycles. The number of imidazole rings is 1. The van der Waals surface area contributed by atoms with E-state index in [1.165, 1.54) is 6.07 Å². The highest BCUT2D eigenvalue weighted by Gasteiger charge is 2.30. The molecular formula is C20H23FN4O2. The van der Waals surface area contributed by atoms with Crippen molar-refractivity contribution in [1.29, 1.82) is 0 Å². The summed E-state index contributed by atoms with van der Waals surface area (Å²) in [4.78, 5) is 31.8. The molecule has 1 fully saturated rings. The fraction of sp³-hybridized carbons (Fsp3) is 0.450. The number of nitrogens with zero attached hydrogens (tertiary/aromatic N) is 3. The zero-order valence-corrected chi connectivity index (χ0v) is 15.2. The SMILES string of the molecule is O=C(NCc1ccccc1F)c1nc(C(=O)N2CCCC2)c2n1CCCC2. The largest absolute Gasteiger partial charge is 0.345 e. The number of carbonyl (C=O) groups is 2. The Hall–Kier alpha value is -2.70. The van der Waals surface area contributed by atoms with Gasteiger partial charge in [0.2, 0.25) is 0 Å². The van der Waals surface area contributed by atoms with Gasteiger partial charge in [-0.05, 0) is 38.2 Å². The molecule has 1 aromatic heterocycles. The fourth-order valence-corrected chi connectivity index (χ4v) is 3.85. The third kappa shape index (κ3) is 3.46. The van der Waals surface area contributed by atoms with Crippen molar-refractivity contribution < 1.29 is 14.0 Å². The summed E-state index contributed by atoms with van der Waals surface area (Å²) in [6.45, 7) is 2.26. The third-order valence-electron chi connectivity index (χ3n) is 5.31. The predicted molar refractivity (Wildman–Crippen MR) is 97.9 cm³/mol. The van der Waals surface area contributed by atoms with E-state index in [1.54, 1.807) is 18.2 Å². The van der Waals surface area contributed by atoms with Gasteiger partial charge in [0.05, 0.1) is 5.69 Å². The number of nitrogens with one attached hydrogen (secondary N) is 1. The van der Waals surface area contributed by atoms with E-state index in [1.807, 2.05) is 9.47 Å². The molecule has 2 amide bonds. The molecule has 2 aliphatic rings. The number of hydrogen-bond acceptors (Lipinski definition) is 3. The first-order chi connectivity index (χ1) is 13.1. The van der Waals surface area contributed by atoms with Gasteiger partial charge in [0.25, 0.3) is 11.8 Å². The maximum absolute atomic E-state index is 13.8. The van der Waals surface area contributed by atoms with E-state index in [0.29, 0.717) is 17.8 Å². The van der Waals surface area contributed by atoms with E-state index in [2.05, 4.69) is 10.3 Å². The van der Waals surface area contributed by atoms with E-state index in [0.717, 1.165) is 50.9 Å². The van der Waals surface area contributed by atoms with Gasteiger partial charge in [-0.1, -0.05) is 18.2 Å². The lowest BCUT2D eigenvalue weighted by atomic mass is 10.1. The molecule has 0 aliphatic carbocycles. The zero-order valence-electron chi connectivity index (χ0n) is 15.2. The van der Waals surface area contributed by atoms with Gasteiger partial charge < -0.3 is 14.8 Å². The van der Waals surface area contributed by atoms with Crippen LogP contribution in [0.4, 0.5) is 4.39 Å². The molecule has 2 aliphatic heterocycles. The van der Waals surface area contributed by atoms with Crippen LogP contribution in [0.15, 0.2) is 24.3 Å². The van der Waals surface area contributed by atoms with Crippen LogP contribution in [-0.2, 0) is 19.5 Å². The van der Waals surface area contributed by atoms with Gasteiger partial charge >= 0.3 is 0 Å². The summed E-state index contributed by atoms with van der Waals surface area (Å²) in [7, 11) is 0. The maximum Gasteiger partial charge on any atom is 0.287 e. The summed E-state index contributed by atoms with van der Waals surface area (Å²) in [6, 6.07) is 6.35. The Morgan fingerprint density at radius 2 is 1.81 bits per heavy atom. The molecule has 2 aromatic rings. The van der Waals surface area contributed by atoms with Crippen LogP contribution in [-0.4, -0.2) is 39.4 Å². The minimum Gasteiger partial charge on any atom is -0.345 e. The molecule has 0 bridgehead atoms. The Morgan fingerprint density at radius 3 is 2.59 bits per heavy atom. The molecule has 0 spiro atoms. The highest BCUT2D eigenvalue weighted by molar-refractivity contribution is 5.97. The first-order valence-corrected chi connectivity index (χ1v) is 9.55. The molecule has 4 rings (SSSR count). The molecule has 1 aromatic carbocycles. The molecule has 1 N–H and O–H groups in total. The van der Waals surface area contributed by atoms with Gasteiger partial charge in [0.15, 0.2) is 5.82 Å². The first kappa shape index (κ1) is 17.7. The Bertz CT molecular complexity index is 871. The number of aromatic nitrogens is 2. The zero-order chi connectivity index (χ0) is 18.8. The summed E-state index contributed by atoms with van der Waals surface area (Å²) in [5.41, 5.74) is 1.69. The van der Waals surface area contributed by atoms with Crippen LogP contribution in [0.3, 0.4) is 0 Å². The van der Waals surface area contributed by atoms with Gasteiger partial charge in [0.1, 0.15) is 11.5 Å².